The highest BCUT2D eigenvalue weighted by molar-refractivity contribution is 5.96. The summed E-state index contributed by atoms with van der Waals surface area (Å²) in [5.74, 6) is -0.779. The van der Waals surface area contributed by atoms with Crippen LogP contribution in [0.15, 0.2) is 18.2 Å². The molecule has 0 radical (unpaired) electrons. The molecule has 19 heavy (non-hydrogen) atoms. The Morgan fingerprint density at radius 3 is 2.74 bits per heavy atom. The summed E-state index contributed by atoms with van der Waals surface area (Å²) in [5.41, 5.74) is 11.4. The van der Waals surface area contributed by atoms with Crippen molar-refractivity contribution in [2.45, 2.75) is 0 Å². The number of benzene rings is 1. The monoisotopic (exact) mass is 267 g/mol. The molecule has 0 spiro atoms. The van der Waals surface area contributed by atoms with Crippen LogP contribution in [0, 0.1) is 0 Å². The van der Waals surface area contributed by atoms with Crippen molar-refractivity contribution in [1.29, 1.82) is 0 Å². The molecular weight excluding hydrogens is 250 g/mol. The average molecular weight is 267 g/mol. The molecule has 104 valence electrons. The van der Waals surface area contributed by atoms with Gasteiger partial charge in [-0.3, -0.25) is 9.59 Å². The fourth-order valence-corrected chi connectivity index (χ4v) is 1.35. The molecule has 0 saturated carbocycles. The number of primary amides is 1. The van der Waals surface area contributed by atoms with Gasteiger partial charge in [0.05, 0.1) is 12.2 Å². The van der Waals surface area contributed by atoms with E-state index in [1.54, 1.807) is 0 Å². The molecule has 0 heterocycles. The van der Waals surface area contributed by atoms with Crippen molar-refractivity contribution >= 4 is 17.5 Å². The van der Waals surface area contributed by atoms with E-state index in [0.717, 1.165) is 0 Å². The van der Waals surface area contributed by atoms with E-state index in [0.29, 0.717) is 18.8 Å². The number of rotatable bonds is 7. The Labute approximate surface area is 110 Å². The highest BCUT2D eigenvalue weighted by Crippen LogP contribution is 2.21. The van der Waals surface area contributed by atoms with Gasteiger partial charge in [-0.1, -0.05) is 0 Å². The number of nitrogen functional groups attached to an aromatic ring is 1. The molecule has 5 N–H and O–H groups in total. The van der Waals surface area contributed by atoms with Gasteiger partial charge in [0.25, 0.3) is 11.8 Å². The lowest BCUT2D eigenvalue weighted by Crippen LogP contribution is -2.31. The smallest absolute Gasteiger partial charge is 0.258 e. The van der Waals surface area contributed by atoms with E-state index in [-0.39, 0.29) is 23.8 Å². The normalized spacial score (nSPS) is 9.95. The van der Waals surface area contributed by atoms with Gasteiger partial charge in [0.2, 0.25) is 0 Å². The van der Waals surface area contributed by atoms with Crippen LogP contribution in [-0.2, 0) is 9.53 Å². The van der Waals surface area contributed by atoms with Crippen molar-refractivity contribution in [3.05, 3.63) is 23.8 Å². The van der Waals surface area contributed by atoms with Gasteiger partial charge in [-0.15, -0.1) is 0 Å². The molecule has 0 fully saturated rings. The average Bonchev–Trinajstić information content (AvgIpc) is 2.36. The minimum absolute atomic E-state index is 0.180. The number of hydrogen-bond acceptors (Lipinski definition) is 5. The third-order valence-corrected chi connectivity index (χ3v) is 2.26. The summed E-state index contributed by atoms with van der Waals surface area (Å²) in [7, 11) is 1.54. The van der Waals surface area contributed by atoms with Gasteiger partial charge in [-0.2, -0.15) is 0 Å². The SMILES string of the molecule is COCCNC(=O)COc1cc(N)ccc1C(N)=O. The summed E-state index contributed by atoms with van der Waals surface area (Å²) in [4.78, 5) is 22.6. The van der Waals surface area contributed by atoms with Crippen molar-refractivity contribution in [3.63, 3.8) is 0 Å². The van der Waals surface area contributed by atoms with Crippen molar-refractivity contribution < 1.29 is 19.1 Å². The first-order valence-corrected chi connectivity index (χ1v) is 5.62. The van der Waals surface area contributed by atoms with E-state index >= 15 is 0 Å². The number of carbonyl (C=O) groups excluding carboxylic acids is 2. The molecule has 1 aromatic rings. The number of nitrogens with two attached hydrogens (primary N) is 2. The quantitative estimate of drug-likeness (QED) is 0.455. The van der Waals surface area contributed by atoms with Crippen LogP contribution in [0.2, 0.25) is 0 Å². The number of ether oxygens (including phenoxy) is 2. The Hall–Kier alpha value is -2.28. The molecular formula is C12H17N3O4. The molecule has 1 aromatic carbocycles. The van der Waals surface area contributed by atoms with Crippen LogP contribution in [0.3, 0.4) is 0 Å². The molecule has 7 heteroatoms. The van der Waals surface area contributed by atoms with Gasteiger partial charge >= 0.3 is 0 Å². The third-order valence-electron chi connectivity index (χ3n) is 2.26. The Morgan fingerprint density at radius 2 is 2.11 bits per heavy atom. The van der Waals surface area contributed by atoms with Crippen molar-refractivity contribution in [2.24, 2.45) is 5.73 Å². The molecule has 0 saturated heterocycles. The molecule has 1 rings (SSSR count). The maximum Gasteiger partial charge on any atom is 0.258 e. The van der Waals surface area contributed by atoms with Crippen LogP contribution >= 0.6 is 0 Å². The van der Waals surface area contributed by atoms with Crippen molar-refractivity contribution in [2.75, 3.05) is 32.6 Å². The lowest BCUT2D eigenvalue weighted by atomic mass is 10.2. The minimum Gasteiger partial charge on any atom is -0.483 e. The summed E-state index contributed by atoms with van der Waals surface area (Å²) < 4.78 is 10.0. The van der Waals surface area contributed by atoms with E-state index in [1.807, 2.05) is 0 Å². The fraction of sp³-hybridized carbons (Fsp3) is 0.333. The van der Waals surface area contributed by atoms with Crippen LogP contribution < -0.4 is 21.5 Å². The topological polar surface area (TPSA) is 117 Å². The number of nitrogens with one attached hydrogen (secondary N) is 1. The number of methoxy groups -OCH3 is 1. The second-order valence-corrected chi connectivity index (χ2v) is 3.75. The number of amides is 2. The Kier molecular flexibility index (Phi) is 5.62. The summed E-state index contributed by atoms with van der Waals surface area (Å²) in [6.07, 6.45) is 0. The van der Waals surface area contributed by atoms with Crippen molar-refractivity contribution in [1.82, 2.24) is 5.32 Å². The predicted molar refractivity (Wildman–Crippen MR) is 69.8 cm³/mol. The molecule has 0 aliphatic heterocycles. The second-order valence-electron chi connectivity index (χ2n) is 3.75. The number of hydrogen-bond donors (Lipinski definition) is 3. The van der Waals surface area contributed by atoms with Crippen LogP contribution in [-0.4, -0.2) is 38.7 Å². The lowest BCUT2D eigenvalue weighted by molar-refractivity contribution is -0.123. The van der Waals surface area contributed by atoms with Gasteiger partial charge in [-0.05, 0) is 12.1 Å². The minimum atomic E-state index is -0.644. The van der Waals surface area contributed by atoms with Crippen LogP contribution in [0.4, 0.5) is 5.69 Å². The highest BCUT2D eigenvalue weighted by atomic mass is 16.5. The van der Waals surface area contributed by atoms with E-state index < -0.39 is 5.91 Å². The first-order chi connectivity index (χ1) is 9.04. The summed E-state index contributed by atoms with van der Waals surface area (Å²) >= 11 is 0. The number of anilines is 1. The molecule has 2 amide bonds. The Morgan fingerprint density at radius 1 is 1.37 bits per heavy atom. The zero-order chi connectivity index (χ0) is 14.3. The maximum absolute atomic E-state index is 11.4. The molecule has 0 atom stereocenters. The summed E-state index contributed by atoms with van der Waals surface area (Å²) in [6.45, 7) is 0.572. The predicted octanol–water partition coefficient (Wildman–Crippen LogP) is -0.491. The molecule has 0 unspecified atom stereocenters. The van der Waals surface area contributed by atoms with Gasteiger partial charge in [0, 0.05) is 25.4 Å². The molecule has 7 nitrogen and oxygen atoms in total. The first kappa shape index (κ1) is 14.8. The van der Waals surface area contributed by atoms with E-state index in [9.17, 15) is 9.59 Å². The van der Waals surface area contributed by atoms with Crippen LogP contribution in [0.1, 0.15) is 10.4 Å². The van der Waals surface area contributed by atoms with Gasteiger partial charge in [0.15, 0.2) is 6.61 Å². The van der Waals surface area contributed by atoms with Gasteiger partial charge in [-0.25, -0.2) is 0 Å². The zero-order valence-electron chi connectivity index (χ0n) is 10.6. The standard InChI is InChI=1S/C12H17N3O4/c1-18-5-4-15-11(16)7-19-10-6-8(13)2-3-9(10)12(14)17/h2-3,6H,4-5,7,13H2,1H3,(H2,14,17)(H,15,16). The summed E-state index contributed by atoms with van der Waals surface area (Å²) in [5, 5.41) is 2.58. The molecule has 0 aliphatic carbocycles. The maximum atomic E-state index is 11.4. The largest absolute Gasteiger partial charge is 0.483 e. The Balaban J connectivity index is 2.59. The summed E-state index contributed by atoms with van der Waals surface area (Å²) in [6, 6.07) is 4.43. The Bertz CT molecular complexity index is 462. The van der Waals surface area contributed by atoms with E-state index in [2.05, 4.69) is 5.32 Å². The number of carbonyl (C=O) groups is 2. The highest BCUT2D eigenvalue weighted by Gasteiger charge is 2.11. The lowest BCUT2D eigenvalue weighted by Gasteiger charge is -2.10. The van der Waals surface area contributed by atoms with Crippen LogP contribution in [0.5, 0.6) is 5.75 Å². The van der Waals surface area contributed by atoms with E-state index in [1.165, 1.54) is 25.3 Å². The first-order valence-electron chi connectivity index (χ1n) is 5.62. The molecule has 0 bridgehead atoms. The second kappa shape index (κ2) is 7.22. The molecule has 0 aromatic heterocycles. The molecule has 0 aliphatic rings. The fourth-order valence-electron chi connectivity index (χ4n) is 1.35. The van der Waals surface area contributed by atoms with E-state index in [4.69, 9.17) is 20.9 Å². The third kappa shape index (κ3) is 4.84. The zero-order valence-corrected chi connectivity index (χ0v) is 10.6. The van der Waals surface area contributed by atoms with Crippen LogP contribution in [0.25, 0.3) is 0 Å². The van der Waals surface area contributed by atoms with Gasteiger partial charge < -0.3 is 26.3 Å². The van der Waals surface area contributed by atoms with Gasteiger partial charge in [0.1, 0.15) is 5.75 Å². The van der Waals surface area contributed by atoms with Crippen molar-refractivity contribution in [3.8, 4) is 5.75 Å².